The minimum Gasteiger partial charge on any atom is -0.352 e. The molecule has 1 aromatic carbocycles. The zero-order chi connectivity index (χ0) is 22.4. The number of hydrogen-bond donors (Lipinski definition) is 2. The van der Waals surface area contributed by atoms with E-state index in [2.05, 4.69) is 55.3 Å². The largest absolute Gasteiger partial charge is 0.352 e. The van der Waals surface area contributed by atoms with E-state index in [4.69, 9.17) is 10.7 Å². The maximum atomic E-state index is 12.8. The summed E-state index contributed by atoms with van der Waals surface area (Å²) in [5, 5.41) is 3.01. The molecule has 1 amide bonds. The Morgan fingerprint density at radius 1 is 1.03 bits per heavy atom. The lowest BCUT2D eigenvalue weighted by molar-refractivity contribution is -0.120. The van der Waals surface area contributed by atoms with Crippen molar-refractivity contribution in [1.82, 2.24) is 15.3 Å². The standard InChI is InChI=1S/C26H32N4O.3ClH/c1-17(2)12-24-23(14-27)26(21-9-7-18(3)8-10-21)22(19(4)30-24)13-25(31)29-16-20-6-5-11-28-15-20;;;/h5-11,15,17H,12-14,16,27H2,1-4H3,(H,29,31);3*1H. The zero-order valence-corrected chi connectivity index (χ0v) is 22.6. The van der Waals surface area contributed by atoms with Gasteiger partial charge in [-0.1, -0.05) is 49.7 Å². The van der Waals surface area contributed by atoms with Crippen molar-refractivity contribution in [2.75, 3.05) is 0 Å². The lowest BCUT2D eigenvalue weighted by Gasteiger charge is -2.21. The molecule has 5 nitrogen and oxygen atoms in total. The van der Waals surface area contributed by atoms with Gasteiger partial charge in [0.1, 0.15) is 0 Å². The topological polar surface area (TPSA) is 80.9 Å². The predicted octanol–water partition coefficient (Wildman–Crippen LogP) is 5.54. The van der Waals surface area contributed by atoms with E-state index in [-0.39, 0.29) is 49.5 Å². The van der Waals surface area contributed by atoms with Gasteiger partial charge in [0, 0.05) is 36.9 Å². The van der Waals surface area contributed by atoms with Crippen LogP contribution in [0.25, 0.3) is 11.1 Å². The molecule has 0 aliphatic carbocycles. The fourth-order valence-electron chi connectivity index (χ4n) is 3.83. The van der Waals surface area contributed by atoms with Gasteiger partial charge in [-0.3, -0.25) is 14.8 Å². The van der Waals surface area contributed by atoms with E-state index >= 15 is 0 Å². The van der Waals surface area contributed by atoms with Gasteiger partial charge in [-0.25, -0.2) is 0 Å². The Balaban J connectivity index is 0.00000363. The van der Waals surface area contributed by atoms with Gasteiger partial charge in [0.05, 0.1) is 6.42 Å². The number of carbonyl (C=O) groups excluding carboxylic acids is 1. The Morgan fingerprint density at radius 3 is 2.26 bits per heavy atom. The SMILES string of the molecule is Cc1ccc(-c2c(CC(=O)NCc3cccnc3)c(C)nc(CC(C)C)c2CN)cc1.Cl.Cl.Cl. The molecule has 34 heavy (non-hydrogen) atoms. The number of nitrogens with one attached hydrogen (secondary N) is 1. The molecule has 0 saturated carbocycles. The van der Waals surface area contributed by atoms with Crippen LogP contribution in [-0.4, -0.2) is 15.9 Å². The van der Waals surface area contributed by atoms with Gasteiger partial charge >= 0.3 is 0 Å². The Morgan fingerprint density at radius 2 is 1.71 bits per heavy atom. The number of nitrogens with zero attached hydrogens (tertiary/aromatic N) is 2. The second-order valence-corrected chi connectivity index (χ2v) is 8.46. The van der Waals surface area contributed by atoms with Gasteiger partial charge in [-0.15, -0.1) is 37.2 Å². The zero-order valence-electron chi connectivity index (χ0n) is 20.1. The normalized spacial score (nSPS) is 10.1. The van der Waals surface area contributed by atoms with Crippen molar-refractivity contribution >= 4 is 43.1 Å². The second-order valence-electron chi connectivity index (χ2n) is 8.46. The molecule has 0 unspecified atom stereocenters. The maximum Gasteiger partial charge on any atom is 0.224 e. The van der Waals surface area contributed by atoms with Crippen LogP contribution in [0.15, 0.2) is 48.8 Å². The van der Waals surface area contributed by atoms with Crippen molar-refractivity contribution in [3.63, 3.8) is 0 Å². The van der Waals surface area contributed by atoms with Crippen molar-refractivity contribution in [3.8, 4) is 11.1 Å². The van der Waals surface area contributed by atoms with Crippen molar-refractivity contribution in [3.05, 3.63) is 82.4 Å². The predicted molar refractivity (Wildman–Crippen MR) is 147 cm³/mol. The average Bonchev–Trinajstić information content (AvgIpc) is 2.75. The fourth-order valence-corrected chi connectivity index (χ4v) is 3.83. The maximum absolute atomic E-state index is 12.8. The molecule has 0 spiro atoms. The first kappa shape index (κ1) is 31.8. The quantitative estimate of drug-likeness (QED) is 0.404. The lowest BCUT2D eigenvalue weighted by atomic mass is 9.88. The summed E-state index contributed by atoms with van der Waals surface area (Å²) >= 11 is 0. The third kappa shape index (κ3) is 8.24. The van der Waals surface area contributed by atoms with Gasteiger partial charge in [-0.05, 0) is 60.1 Å². The molecule has 3 rings (SSSR count). The summed E-state index contributed by atoms with van der Waals surface area (Å²) in [7, 11) is 0. The Hall–Kier alpha value is -2.18. The van der Waals surface area contributed by atoms with E-state index in [1.54, 1.807) is 12.4 Å². The van der Waals surface area contributed by atoms with E-state index < -0.39 is 0 Å². The molecule has 0 aliphatic rings. The molecule has 0 saturated heterocycles. The molecule has 8 heteroatoms. The molecule has 0 radical (unpaired) electrons. The fraction of sp³-hybridized carbons (Fsp3) is 0.346. The highest BCUT2D eigenvalue weighted by Gasteiger charge is 2.21. The Labute approximate surface area is 221 Å². The highest BCUT2D eigenvalue weighted by molar-refractivity contribution is 5.86. The van der Waals surface area contributed by atoms with Crippen molar-refractivity contribution < 1.29 is 4.79 Å². The van der Waals surface area contributed by atoms with Crippen LogP contribution in [0, 0.1) is 19.8 Å². The van der Waals surface area contributed by atoms with Crippen molar-refractivity contribution in [2.24, 2.45) is 11.7 Å². The highest BCUT2D eigenvalue weighted by Crippen LogP contribution is 2.33. The van der Waals surface area contributed by atoms with Crippen LogP contribution in [0.1, 0.15) is 47.5 Å². The average molecular weight is 526 g/mol. The monoisotopic (exact) mass is 524 g/mol. The summed E-state index contributed by atoms with van der Waals surface area (Å²) in [6.07, 6.45) is 4.61. The summed E-state index contributed by atoms with van der Waals surface area (Å²) in [5.74, 6) is 0.429. The summed E-state index contributed by atoms with van der Waals surface area (Å²) in [5.41, 5.74) is 14.4. The number of nitrogens with two attached hydrogens (primary N) is 1. The number of aryl methyl sites for hydroxylation is 2. The van der Waals surface area contributed by atoms with Crippen LogP contribution in [0.4, 0.5) is 0 Å². The van der Waals surface area contributed by atoms with E-state index in [1.807, 2.05) is 19.1 Å². The smallest absolute Gasteiger partial charge is 0.224 e. The number of benzene rings is 1. The minimum absolute atomic E-state index is 0. The number of hydrogen-bond acceptors (Lipinski definition) is 4. The van der Waals surface area contributed by atoms with E-state index in [0.717, 1.165) is 45.6 Å². The number of carbonyl (C=O) groups is 1. The first-order valence-corrected chi connectivity index (χ1v) is 10.8. The van der Waals surface area contributed by atoms with E-state index in [0.29, 0.717) is 19.0 Å². The molecular weight excluding hydrogens is 491 g/mol. The summed E-state index contributed by atoms with van der Waals surface area (Å²) in [6.45, 7) is 9.27. The first-order chi connectivity index (χ1) is 14.9. The molecule has 0 fully saturated rings. The Bertz CT molecular complexity index is 1040. The third-order valence-corrected chi connectivity index (χ3v) is 5.39. The van der Waals surface area contributed by atoms with Gasteiger partial charge in [-0.2, -0.15) is 0 Å². The molecular formula is C26H35Cl3N4O. The first-order valence-electron chi connectivity index (χ1n) is 10.8. The summed E-state index contributed by atoms with van der Waals surface area (Å²) in [4.78, 5) is 21.8. The van der Waals surface area contributed by atoms with Crippen LogP contribution in [0.2, 0.25) is 0 Å². The molecule has 186 valence electrons. The van der Waals surface area contributed by atoms with Gasteiger partial charge in [0.15, 0.2) is 0 Å². The molecule has 2 heterocycles. The van der Waals surface area contributed by atoms with Crippen LogP contribution >= 0.6 is 37.2 Å². The van der Waals surface area contributed by atoms with Crippen molar-refractivity contribution in [1.29, 1.82) is 0 Å². The van der Waals surface area contributed by atoms with Gasteiger partial charge < -0.3 is 11.1 Å². The lowest BCUT2D eigenvalue weighted by Crippen LogP contribution is -2.26. The number of rotatable bonds is 8. The second kappa shape index (κ2) is 14.9. The number of aromatic nitrogens is 2. The molecule has 2 aromatic heterocycles. The van der Waals surface area contributed by atoms with E-state index in [1.165, 1.54) is 5.56 Å². The number of amides is 1. The molecule has 3 N–H and O–H groups in total. The molecule has 3 aromatic rings. The molecule has 0 aliphatic heterocycles. The minimum atomic E-state index is -0.0401. The van der Waals surface area contributed by atoms with Crippen LogP contribution < -0.4 is 11.1 Å². The van der Waals surface area contributed by atoms with Crippen molar-refractivity contribution in [2.45, 2.75) is 53.6 Å². The van der Waals surface area contributed by atoms with Gasteiger partial charge in [0.2, 0.25) is 5.91 Å². The summed E-state index contributed by atoms with van der Waals surface area (Å²) in [6, 6.07) is 12.2. The third-order valence-electron chi connectivity index (χ3n) is 5.39. The Kier molecular flexibility index (Phi) is 14.0. The highest BCUT2D eigenvalue weighted by atomic mass is 35.5. The van der Waals surface area contributed by atoms with Gasteiger partial charge in [0.25, 0.3) is 0 Å². The number of halogens is 3. The number of pyridine rings is 2. The summed E-state index contributed by atoms with van der Waals surface area (Å²) < 4.78 is 0. The van der Waals surface area contributed by atoms with Crippen LogP contribution in [-0.2, 0) is 30.7 Å². The molecule has 0 bridgehead atoms. The van der Waals surface area contributed by atoms with E-state index in [9.17, 15) is 4.79 Å². The van der Waals surface area contributed by atoms with Crippen LogP contribution in [0.3, 0.4) is 0 Å². The van der Waals surface area contributed by atoms with Crippen LogP contribution in [0.5, 0.6) is 0 Å². The molecule has 0 atom stereocenters.